The normalized spacial score (nSPS) is 11.3. The van der Waals surface area contributed by atoms with Crippen LogP contribution in [0, 0.1) is 11.3 Å². The van der Waals surface area contributed by atoms with Crippen molar-refractivity contribution in [3.63, 3.8) is 0 Å². The number of benzene rings is 1. The molecule has 6 heteroatoms. The van der Waals surface area contributed by atoms with Gasteiger partial charge in [-0.05, 0) is 17.7 Å². The van der Waals surface area contributed by atoms with Crippen LogP contribution >= 0.6 is 11.8 Å². The van der Waals surface area contributed by atoms with Crippen molar-refractivity contribution >= 4 is 24.0 Å². The van der Waals surface area contributed by atoms with Crippen molar-refractivity contribution in [2.24, 2.45) is 15.3 Å². The molecule has 0 fully saturated rings. The van der Waals surface area contributed by atoms with Crippen molar-refractivity contribution in [3.8, 4) is 6.07 Å². The maximum Gasteiger partial charge on any atom is 0.226 e. The molecular weight excluding hydrogens is 214 g/mol. The van der Waals surface area contributed by atoms with E-state index in [1.165, 1.54) is 6.21 Å². The molecule has 15 heavy (non-hydrogen) atoms. The van der Waals surface area contributed by atoms with E-state index in [4.69, 9.17) is 22.8 Å². The lowest BCUT2D eigenvalue weighted by Gasteiger charge is -1.95. The van der Waals surface area contributed by atoms with Crippen molar-refractivity contribution in [2.45, 2.75) is 0 Å². The first-order valence-electron chi connectivity index (χ1n) is 4.00. The summed E-state index contributed by atoms with van der Waals surface area (Å²) in [4.78, 5) is 0. The number of hydrogen-bond acceptors (Lipinski definition) is 3. The molecule has 1 aromatic carbocycles. The summed E-state index contributed by atoms with van der Waals surface area (Å²) in [6, 6.07) is 8.93. The van der Waals surface area contributed by atoms with Gasteiger partial charge in [0.1, 0.15) is 0 Å². The smallest absolute Gasteiger partial charge is 0.226 e. The van der Waals surface area contributed by atoms with E-state index in [0.717, 1.165) is 5.56 Å². The van der Waals surface area contributed by atoms with Crippen molar-refractivity contribution < 1.29 is 0 Å². The minimum atomic E-state index is 0.0153. The molecule has 5 nitrogen and oxygen atoms in total. The van der Waals surface area contributed by atoms with Gasteiger partial charge in [0.2, 0.25) is 5.96 Å². The first kappa shape index (κ1) is 11.0. The highest BCUT2D eigenvalue weighted by Gasteiger charge is 1.90. The van der Waals surface area contributed by atoms with Crippen LogP contribution in [0.25, 0.3) is 0 Å². The number of guanidine groups is 1. The molecule has 3 N–H and O–H groups in total. The number of nitrogens with zero attached hydrogens (tertiary/aromatic N) is 3. The first-order valence-corrected chi connectivity index (χ1v) is 4.33. The monoisotopic (exact) mass is 221 g/mol. The van der Waals surface area contributed by atoms with E-state index in [1.807, 2.05) is 6.07 Å². The number of nitriles is 1. The molecule has 76 valence electrons. The van der Waals surface area contributed by atoms with Crippen LogP contribution in [-0.2, 0) is 0 Å². The van der Waals surface area contributed by atoms with Crippen LogP contribution in [0.3, 0.4) is 0 Å². The molecule has 0 spiro atoms. The molecule has 1 aromatic rings. The molecule has 0 saturated heterocycles. The van der Waals surface area contributed by atoms with Gasteiger partial charge in [-0.15, -0.1) is 4.51 Å². The summed E-state index contributed by atoms with van der Waals surface area (Å²) in [6.07, 6.45) is 1.54. The number of nitrogens with two attached hydrogens (primary N) is 1. The second-order valence-electron chi connectivity index (χ2n) is 2.57. The Bertz CT molecular complexity index is 415. The van der Waals surface area contributed by atoms with Crippen molar-refractivity contribution in [1.29, 1.82) is 5.26 Å². The fourth-order valence-electron chi connectivity index (χ4n) is 0.836. The van der Waals surface area contributed by atoms with Gasteiger partial charge in [-0.25, -0.2) is 5.43 Å². The number of halogens is 1. The summed E-state index contributed by atoms with van der Waals surface area (Å²) in [7, 11) is 0. The largest absolute Gasteiger partial charge is 0.367 e. The van der Waals surface area contributed by atoms with Crippen molar-refractivity contribution in [1.82, 2.24) is 5.43 Å². The Balaban J connectivity index is 2.62. The average molecular weight is 222 g/mol. The lowest BCUT2D eigenvalue weighted by Crippen LogP contribution is -2.26. The maximum atomic E-state index is 8.57. The van der Waals surface area contributed by atoms with Crippen molar-refractivity contribution in [3.05, 3.63) is 35.4 Å². The van der Waals surface area contributed by atoms with Crippen LogP contribution in [0.1, 0.15) is 11.1 Å². The Labute approximate surface area is 92.0 Å². The Morgan fingerprint density at radius 2 is 2.13 bits per heavy atom. The topological polar surface area (TPSA) is 86.6 Å². The molecule has 0 aliphatic heterocycles. The zero-order valence-corrected chi connectivity index (χ0v) is 8.44. The molecule has 0 saturated carbocycles. The molecule has 0 aliphatic carbocycles. The average Bonchev–Trinajstić information content (AvgIpc) is 2.29. The SMILES string of the molecule is N#Cc1ccc(C=NN/C(N)=N/Cl)cc1. The minimum Gasteiger partial charge on any atom is -0.367 e. The van der Waals surface area contributed by atoms with Gasteiger partial charge in [-0.2, -0.15) is 10.4 Å². The predicted octanol–water partition coefficient (Wildman–Crippen LogP) is 0.950. The Morgan fingerprint density at radius 1 is 1.47 bits per heavy atom. The molecule has 0 atom stereocenters. The zero-order valence-electron chi connectivity index (χ0n) is 7.68. The van der Waals surface area contributed by atoms with Gasteiger partial charge in [0, 0.05) is 11.8 Å². The van der Waals surface area contributed by atoms with Crippen LogP contribution in [-0.4, -0.2) is 12.2 Å². The summed E-state index contributed by atoms with van der Waals surface area (Å²) in [5.74, 6) is 0.0153. The van der Waals surface area contributed by atoms with E-state index in [1.54, 1.807) is 24.3 Å². The second-order valence-corrected chi connectivity index (χ2v) is 2.74. The van der Waals surface area contributed by atoms with E-state index in [0.29, 0.717) is 5.56 Å². The van der Waals surface area contributed by atoms with Crippen LogP contribution in [0.4, 0.5) is 0 Å². The summed E-state index contributed by atoms with van der Waals surface area (Å²) >= 11 is 5.06. The Hall–Kier alpha value is -2.06. The predicted molar refractivity (Wildman–Crippen MR) is 59.4 cm³/mol. The van der Waals surface area contributed by atoms with Gasteiger partial charge in [-0.3, -0.25) is 0 Å². The van der Waals surface area contributed by atoms with E-state index in [-0.39, 0.29) is 5.96 Å². The van der Waals surface area contributed by atoms with E-state index in [9.17, 15) is 0 Å². The van der Waals surface area contributed by atoms with Gasteiger partial charge >= 0.3 is 0 Å². The summed E-state index contributed by atoms with van der Waals surface area (Å²) in [5, 5.41) is 12.3. The van der Waals surface area contributed by atoms with E-state index < -0.39 is 0 Å². The fourth-order valence-corrected chi connectivity index (χ4v) is 0.873. The molecule has 0 amide bonds. The second kappa shape index (κ2) is 5.62. The highest BCUT2D eigenvalue weighted by atomic mass is 35.5. The van der Waals surface area contributed by atoms with Gasteiger partial charge in [-0.1, -0.05) is 12.1 Å². The molecule has 0 unspecified atom stereocenters. The third-order valence-electron chi connectivity index (χ3n) is 1.52. The van der Waals surface area contributed by atoms with Crippen LogP contribution in [0.2, 0.25) is 0 Å². The Kier molecular flexibility index (Phi) is 4.13. The van der Waals surface area contributed by atoms with Gasteiger partial charge in [0.05, 0.1) is 17.8 Å². The standard InChI is InChI=1S/C9H8ClN5/c10-14-9(12)15-13-6-8-3-1-7(5-11)2-4-8/h1-4,6H,(H3,12,14,15). The molecule has 0 bridgehead atoms. The van der Waals surface area contributed by atoms with Crippen LogP contribution in [0.15, 0.2) is 33.9 Å². The molecular formula is C9H8ClN5. The highest BCUT2D eigenvalue weighted by molar-refractivity contribution is 6.19. The molecule has 0 heterocycles. The zero-order chi connectivity index (χ0) is 11.1. The molecule has 0 radical (unpaired) electrons. The van der Waals surface area contributed by atoms with Gasteiger partial charge < -0.3 is 5.73 Å². The van der Waals surface area contributed by atoms with Gasteiger partial charge in [0.25, 0.3) is 0 Å². The fraction of sp³-hybridized carbons (Fsp3) is 0. The van der Waals surface area contributed by atoms with E-state index >= 15 is 0 Å². The van der Waals surface area contributed by atoms with E-state index in [2.05, 4.69) is 15.0 Å². The number of rotatable bonds is 2. The summed E-state index contributed by atoms with van der Waals surface area (Å²) in [6.45, 7) is 0. The quantitative estimate of drug-likeness (QED) is 0.443. The van der Waals surface area contributed by atoms with Crippen LogP contribution < -0.4 is 11.2 Å². The summed E-state index contributed by atoms with van der Waals surface area (Å²) in [5.41, 5.74) is 9.08. The van der Waals surface area contributed by atoms with Crippen LogP contribution in [0.5, 0.6) is 0 Å². The highest BCUT2D eigenvalue weighted by Crippen LogP contribution is 2.00. The number of hydrogen-bond donors (Lipinski definition) is 2. The number of hydrazone groups is 1. The third-order valence-corrected chi connectivity index (χ3v) is 1.71. The molecule has 0 aliphatic rings. The first-order chi connectivity index (χ1) is 7.26. The molecule has 1 rings (SSSR count). The minimum absolute atomic E-state index is 0.0153. The lowest BCUT2D eigenvalue weighted by molar-refractivity contribution is 1.02. The van der Waals surface area contributed by atoms with Crippen molar-refractivity contribution in [2.75, 3.05) is 0 Å². The maximum absolute atomic E-state index is 8.57. The molecule has 0 aromatic heterocycles. The lowest BCUT2D eigenvalue weighted by atomic mass is 10.2. The third kappa shape index (κ3) is 3.67. The van der Waals surface area contributed by atoms with Gasteiger partial charge in [0.15, 0.2) is 0 Å². The number of nitrogens with one attached hydrogen (secondary N) is 1. The summed E-state index contributed by atoms with van der Waals surface area (Å²) < 4.78 is 3.15. The Morgan fingerprint density at radius 3 is 2.67 bits per heavy atom.